The van der Waals surface area contributed by atoms with Gasteiger partial charge in [0.05, 0.1) is 29.1 Å². The number of carbonyl (C=O) groups is 1. The largest absolute Gasteiger partial charge is 0.496 e. The van der Waals surface area contributed by atoms with E-state index in [1.165, 1.54) is 0 Å². The van der Waals surface area contributed by atoms with E-state index in [2.05, 4.69) is 15.2 Å². The van der Waals surface area contributed by atoms with E-state index in [0.29, 0.717) is 24.0 Å². The number of carboxylic acid groups (broad SMARTS) is 1. The van der Waals surface area contributed by atoms with Gasteiger partial charge >= 0.3 is 5.97 Å². The first kappa shape index (κ1) is 24.2. The molecule has 2 heterocycles. The highest BCUT2D eigenvalue weighted by Gasteiger charge is 2.28. The number of aliphatic carboxylic acids is 1. The molecular formula is C29H28N4O4. The molecule has 0 amide bonds. The third-order valence-electron chi connectivity index (χ3n) is 6.55. The van der Waals surface area contributed by atoms with Crippen LogP contribution in [0.1, 0.15) is 30.5 Å². The Kier molecular flexibility index (Phi) is 6.03. The van der Waals surface area contributed by atoms with Crippen molar-refractivity contribution < 1.29 is 19.1 Å². The molecule has 0 aliphatic heterocycles. The van der Waals surface area contributed by atoms with Crippen LogP contribution < -0.4 is 4.74 Å². The molecule has 0 bridgehead atoms. The van der Waals surface area contributed by atoms with Crippen LogP contribution in [0.2, 0.25) is 0 Å². The zero-order valence-electron chi connectivity index (χ0n) is 21.4. The second-order valence-corrected chi connectivity index (χ2v) is 9.90. The number of aromatic amines is 1. The molecule has 0 aliphatic carbocycles. The Morgan fingerprint density at radius 3 is 2.43 bits per heavy atom. The summed E-state index contributed by atoms with van der Waals surface area (Å²) >= 11 is 0. The Morgan fingerprint density at radius 2 is 1.73 bits per heavy atom. The number of aromatic nitrogens is 4. The number of ether oxygens (including phenoxy) is 1. The third kappa shape index (κ3) is 4.58. The van der Waals surface area contributed by atoms with Crippen LogP contribution in [0.15, 0.2) is 59.0 Å². The second-order valence-electron chi connectivity index (χ2n) is 9.90. The van der Waals surface area contributed by atoms with E-state index in [-0.39, 0.29) is 0 Å². The van der Waals surface area contributed by atoms with Crippen molar-refractivity contribution in [2.45, 2.75) is 34.1 Å². The molecule has 0 fully saturated rings. The SMILES string of the molecule is COc1ccccc1-c1nnc(-c2ccc3nc(-c4c(C)cc(CC(C)(C)C(=O)O)cc4C)[nH]c3c2)o1. The fraction of sp³-hybridized carbons (Fsp3) is 0.241. The molecular weight excluding hydrogens is 468 g/mol. The third-order valence-corrected chi connectivity index (χ3v) is 6.55. The molecule has 0 saturated heterocycles. The molecule has 0 radical (unpaired) electrons. The number of imidazole rings is 1. The number of para-hydroxylation sites is 1. The predicted octanol–water partition coefficient (Wildman–Crippen LogP) is 6.23. The summed E-state index contributed by atoms with van der Waals surface area (Å²) in [5.41, 5.74) is 6.40. The highest BCUT2D eigenvalue weighted by atomic mass is 16.5. The number of H-pyrrole nitrogens is 1. The lowest BCUT2D eigenvalue weighted by Gasteiger charge is -2.20. The topological polar surface area (TPSA) is 114 Å². The maximum atomic E-state index is 11.6. The molecule has 0 spiro atoms. The maximum absolute atomic E-state index is 11.6. The molecule has 3 aromatic carbocycles. The summed E-state index contributed by atoms with van der Waals surface area (Å²) < 4.78 is 11.4. The Labute approximate surface area is 214 Å². The van der Waals surface area contributed by atoms with Crippen LogP contribution in [-0.2, 0) is 11.2 Å². The lowest BCUT2D eigenvalue weighted by Crippen LogP contribution is -2.26. The monoisotopic (exact) mass is 496 g/mol. The van der Waals surface area contributed by atoms with E-state index in [1.807, 2.05) is 68.4 Å². The smallest absolute Gasteiger partial charge is 0.309 e. The summed E-state index contributed by atoms with van der Waals surface area (Å²) in [6, 6.07) is 17.4. The Balaban J connectivity index is 1.47. The van der Waals surface area contributed by atoms with Crippen molar-refractivity contribution in [3.05, 3.63) is 71.3 Å². The first-order valence-corrected chi connectivity index (χ1v) is 12.0. The average molecular weight is 497 g/mol. The highest BCUT2D eigenvalue weighted by Crippen LogP contribution is 2.33. The summed E-state index contributed by atoms with van der Waals surface area (Å²) in [4.78, 5) is 19.8. The first-order chi connectivity index (χ1) is 17.7. The summed E-state index contributed by atoms with van der Waals surface area (Å²) in [7, 11) is 1.60. The van der Waals surface area contributed by atoms with Gasteiger partial charge in [0.2, 0.25) is 5.89 Å². The van der Waals surface area contributed by atoms with E-state index >= 15 is 0 Å². The molecule has 8 nitrogen and oxygen atoms in total. The van der Waals surface area contributed by atoms with Crippen molar-refractivity contribution in [1.82, 2.24) is 20.2 Å². The number of carboxylic acids is 1. The molecule has 2 N–H and O–H groups in total. The van der Waals surface area contributed by atoms with Gasteiger partial charge in [-0.3, -0.25) is 4.79 Å². The molecule has 188 valence electrons. The van der Waals surface area contributed by atoms with Gasteiger partial charge in [-0.2, -0.15) is 0 Å². The Hall–Kier alpha value is -4.46. The fourth-order valence-corrected chi connectivity index (χ4v) is 4.65. The van der Waals surface area contributed by atoms with Crippen LogP contribution in [0.4, 0.5) is 0 Å². The van der Waals surface area contributed by atoms with Gasteiger partial charge in [0.25, 0.3) is 5.89 Å². The first-order valence-electron chi connectivity index (χ1n) is 12.0. The van der Waals surface area contributed by atoms with E-state index in [9.17, 15) is 9.90 Å². The van der Waals surface area contributed by atoms with Gasteiger partial charge in [0.1, 0.15) is 11.6 Å². The van der Waals surface area contributed by atoms with Crippen molar-refractivity contribution in [3.63, 3.8) is 0 Å². The van der Waals surface area contributed by atoms with Gasteiger partial charge in [-0.05, 0) is 81.1 Å². The molecule has 0 atom stereocenters. The molecule has 5 aromatic rings. The van der Waals surface area contributed by atoms with Crippen molar-refractivity contribution >= 4 is 17.0 Å². The highest BCUT2D eigenvalue weighted by molar-refractivity contribution is 5.84. The van der Waals surface area contributed by atoms with Crippen LogP contribution in [-0.4, -0.2) is 38.4 Å². The molecule has 37 heavy (non-hydrogen) atoms. The van der Waals surface area contributed by atoms with Gasteiger partial charge < -0.3 is 19.2 Å². The molecule has 0 saturated carbocycles. The zero-order chi connectivity index (χ0) is 26.3. The summed E-state index contributed by atoms with van der Waals surface area (Å²) in [6.45, 7) is 7.53. The van der Waals surface area contributed by atoms with Crippen LogP contribution in [0, 0.1) is 19.3 Å². The van der Waals surface area contributed by atoms with Crippen LogP contribution >= 0.6 is 0 Å². The van der Waals surface area contributed by atoms with E-state index < -0.39 is 11.4 Å². The predicted molar refractivity (Wildman–Crippen MR) is 141 cm³/mol. The van der Waals surface area contributed by atoms with E-state index in [1.54, 1.807) is 21.0 Å². The van der Waals surface area contributed by atoms with Gasteiger partial charge in [0, 0.05) is 11.1 Å². The zero-order valence-corrected chi connectivity index (χ0v) is 21.4. The number of nitrogens with zero attached hydrogens (tertiary/aromatic N) is 3. The van der Waals surface area contributed by atoms with Gasteiger partial charge in [-0.15, -0.1) is 10.2 Å². The fourth-order valence-electron chi connectivity index (χ4n) is 4.65. The lowest BCUT2D eigenvalue weighted by molar-refractivity contribution is -0.146. The van der Waals surface area contributed by atoms with E-state index in [0.717, 1.165) is 50.2 Å². The van der Waals surface area contributed by atoms with Crippen LogP contribution in [0.3, 0.4) is 0 Å². The maximum Gasteiger partial charge on any atom is 0.309 e. The Morgan fingerprint density at radius 1 is 1.03 bits per heavy atom. The number of methoxy groups -OCH3 is 1. The number of benzene rings is 3. The molecule has 8 heteroatoms. The minimum Gasteiger partial charge on any atom is -0.496 e. The quantitative estimate of drug-likeness (QED) is 0.275. The van der Waals surface area contributed by atoms with E-state index in [4.69, 9.17) is 14.1 Å². The number of hydrogen-bond acceptors (Lipinski definition) is 6. The van der Waals surface area contributed by atoms with Gasteiger partial charge in [0.15, 0.2) is 0 Å². The Bertz CT molecular complexity index is 1610. The second kappa shape index (κ2) is 9.20. The molecule has 0 unspecified atom stereocenters. The number of nitrogens with one attached hydrogen (secondary N) is 1. The molecule has 5 rings (SSSR count). The summed E-state index contributed by atoms with van der Waals surface area (Å²) in [6.07, 6.45) is 0.453. The number of fused-ring (bicyclic) bond motifs is 1. The van der Waals surface area contributed by atoms with Gasteiger partial charge in [-0.25, -0.2) is 4.98 Å². The average Bonchev–Trinajstić information content (AvgIpc) is 3.50. The van der Waals surface area contributed by atoms with Crippen LogP contribution in [0.25, 0.3) is 45.3 Å². The summed E-state index contributed by atoms with van der Waals surface area (Å²) in [5.74, 6) is 1.39. The number of hydrogen-bond donors (Lipinski definition) is 2. The molecule has 2 aromatic heterocycles. The van der Waals surface area contributed by atoms with Gasteiger partial charge in [-0.1, -0.05) is 24.3 Å². The van der Waals surface area contributed by atoms with Crippen LogP contribution in [0.5, 0.6) is 5.75 Å². The molecule has 0 aliphatic rings. The van der Waals surface area contributed by atoms with Crippen molar-refractivity contribution in [1.29, 1.82) is 0 Å². The van der Waals surface area contributed by atoms with Crippen molar-refractivity contribution in [2.75, 3.05) is 7.11 Å². The van der Waals surface area contributed by atoms with Crippen molar-refractivity contribution in [2.24, 2.45) is 5.41 Å². The minimum atomic E-state index is -0.837. The van der Waals surface area contributed by atoms with Crippen molar-refractivity contribution in [3.8, 4) is 40.0 Å². The standard InChI is InChI=1S/C29H28N4O4/c1-16-12-18(15-29(3,4)28(34)35)13-17(2)24(16)25-30-21-11-10-19(14-22(21)31-25)26-32-33-27(37-26)20-8-6-7-9-23(20)36-5/h6-14H,15H2,1-5H3,(H,30,31)(H,34,35). The number of aryl methyl sites for hydroxylation is 2. The number of rotatable bonds is 7. The normalized spacial score (nSPS) is 11.7. The minimum absolute atomic E-state index is 0.385. The lowest BCUT2D eigenvalue weighted by atomic mass is 9.84. The summed E-state index contributed by atoms with van der Waals surface area (Å²) in [5, 5.41) is 18.0.